The van der Waals surface area contributed by atoms with Crippen LogP contribution in [0.1, 0.15) is 277 Å². The standard InChI is InChI=1S/C75H135NO18/c1-3-5-7-9-11-13-15-17-19-21-23-25-26-27-28-29-30-31-33-34-36-38-40-42-44-46-48-50-52-59(80)58(76-63(81)53-51-49-47-45-43-41-39-37-35-32-24-22-20-18-16-14-12-10-8-6-4-2)57-89-73-69(87)66(84)71(61(55-78)91-73)94-75-70(88)67(85)72(62(56-79)92-75)93-74-68(86)65(83)64(82)60(54-77)90-74/h6,8,12,14,18,20,24,32,37,39,58-62,64-75,77-80,82-88H,3-5,7,9-11,13,15-17,19,21-23,25-31,33-36,38,40-57H2,1-2H3,(H,76,81)/b8-6-,14-12-,20-18-,32-24-,39-37-. The Morgan fingerprint density at radius 3 is 1.15 bits per heavy atom. The molecular weight excluding hydrogens is 1200 g/mol. The van der Waals surface area contributed by atoms with Crippen LogP contribution in [0.2, 0.25) is 0 Å². The van der Waals surface area contributed by atoms with E-state index in [0.717, 1.165) is 89.9 Å². The summed E-state index contributed by atoms with van der Waals surface area (Å²) in [5.41, 5.74) is 0. The third-order valence-corrected chi connectivity index (χ3v) is 18.6. The van der Waals surface area contributed by atoms with E-state index in [1.54, 1.807) is 0 Å². The summed E-state index contributed by atoms with van der Waals surface area (Å²) in [6.07, 6.45) is 43.0. The van der Waals surface area contributed by atoms with Crippen molar-refractivity contribution >= 4 is 5.91 Å². The number of allylic oxidation sites excluding steroid dienone is 10. The van der Waals surface area contributed by atoms with Crippen LogP contribution in [0.5, 0.6) is 0 Å². The molecule has 548 valence electrons. The molecule has 17 atom stereocenters. The molecular formula is C75H135NO18. The highest BCUT2D eigenvalue weighted by Gasteiger charge is 2.53. The minimum Gasteiger partial charge on any atom is -0.394 e. The summed E-state index contributed by atoms with van der Waals surface area (Å²) in [4.78, 5) is 13.4. The molecule has 17 unspecified atom stereocenters. The Morgan fingerprint density at radius 1 is 0.394 bits per heavy atom. The highest BCUT2D eigenvalue weighted by molar-refractivity contribution is 5.76. The molecule has 0 aromatic carbocycles. The second kappa shape index (κ2) is 56.3. The van der Waals surface area contributed by atoms with Crippen LogP contribution in [-0.2, 0) is 33.2 Å². The molecule has 1 amide bonds. The van der Waals surface area contributed by atoms with E-state index in [1.165, 1.54) is 154 Å². The maximum absolute atomic E-state index is 13.4. The first-order valence-electron chi connectivity index (χ1n) is 37.5. The number of ether oxygens (including phenoxy) is 6. The van der Waals surface area contributed by atoms with Crippen LogP contribution in [0.15, 0.2) is 60.8 Å². The molecule has 0 saturated carbocycles. The van der Waals surface area contributed by atoms with Gasteiger partial charge in [0.05, 0.1) is 38.6 Å². The fourth-order valence-corrected chi connectivity index (χ4v) is 12.6. The Kier molecular flexibility index (Phi) is 51.3. The van der Waals surface area contributed by atoms with Crippen molar-refractivity contribution in [1.29, 1.82) is 0 Å². The quantitative estimate of drug-likeness (QED) is 0.0199. The number of amides is 1. The lowest BCUT2D eigenvalue weighted by Crippen LogP contribution is -2.66. The van der Waals surface area contributed by atoms with Gasteiger partial charge in [-0.05, 0) is 57.8 Å². The third kappa shape index (κ3) is 37.1. The lowest BCUT2D eigenvalue weighted by molar-refractivity contribution is -0.379. The summed E-state index contributed by atoms with van der Waals surface area (Å²) in [5, 5.41) is 121. The second-order valence-corrected chi connectivity index (χ2v) is 26.7. The van der Waals surface area contributed by atoms with Crippen LogP contribution >= 0.6 is 0 Å². The number of nitrogens with one attached hydrogen (secondary N) is 1. The number of aliphatic hydroxyl groups is 11. The molecule has 0 radical (unpaired) electrons. The van der Waals surface area contributed by atoms with Crippen molar-refractivity contribution in [3.05, 3.63) is 60.8 Å². The van der Waals surface area contributed by atoms with E-state index >= 15 is 0 Å². The van der Waals surface area contributed by atoms with Gasteiger partial charge in [-0.15, -0.1) is 0 Å². The minimum absolute atomic E-state index is 0.242. The average Bonchev–Trinajstić information content (AvgIpc) is 0.787. The van der Waals surface area contributed by atoms with Crippen molar-refractivity contribution in [1.82, 2.24) is 5.32 Å². The van der Waals surface area contributed by atoms with Crippen LogP contribution < -0.4 is 5.32 Å². The zero-order valence-corrected chi connectivity index (χ0v) is 58.2. The van der Waals surface area contributed by atoms with Gasteiger partial charge in [0, 0.05) is 6.42 Å². The summed E-state index contributed by atoms with van der Waals surface area (Å²) in [6, 6.07) is -0.903. The van der Waals surface area contributed by atoms with Crippen molar-refractivity contribution in [3.63, 3.8) is 0 Å². The molecule has 19 nitrogen and oxygen atoms in total. The zero-order chi connectivity index (χ0) is 68.2. The van der Waals surface area contributed by atoms with Gasteiger partial charge in [0.15, 0.2) is 18.9 Å². The lowest BCUT2D eigenvalue weighted by Gasteiger charge is -2.48. The normalized spacial score (nSPS) is 27.7. The van der Waals surface area contributed by atoms with E-state index in [1.807, 2.05) is 0 Å². The number of carbonyl (C=O) groups excluding carboxylic acids is 1. The van der Waals surface area contributed by atoms with Gasteiger partial charge in [-0.25, -0.2) is 0 Å². The van der Waals surface area contributed by atoms with Gasteiger partial charge in [0.1, 0.15) is 73.2 Å². The molecule has 0 aliphatic carbocycles. The summed E-state index contributed by atoms with van der Waals surface area (Å²) in [6.45, 7) is 1.70. The molecule has 0 spiro atoms. The van der Waals surface area contributed by atoms with Crippen LogP contribution in [0.25, 0.3) is 0 Å². The van der Waals surface area contributed by atoms with E-state index in [-0.39, 0.29) is 18.9 Å². The Labute approximate surface area is 566 Å². The van der Waals surface area contributed by atoms with Crippen LogP contribution in [-0.4, -0.2) is 193 Å². The fourth-order valence-electron chi connectivity index (χ4n) is 12.6. The van der Waals surface area contributed by atoms with Gasteiger partial charge in [0.2, 0.25) is 5.91 Å². The number of carbonyl (C=O) groups is 1. The van der Waals surface area contributed by atoms with Gasteiger partial charge in [-0.3, -0.25) is 4.79 Å². The highest BCUT2D eigenvalue weighted by atomic mass is 16.8. The molecule has 0 bridgehead atoms. The zero-order valence-electron chi connectivity index (χ0n) is 58.2. The Hall–Kier alpha value is -2.51. The predicted molar refractivity (Wildman–Crippen MR) is 369 cm³/mol. The average molecular weight is 1340 g/mol. The Balaban J connectivity index is 1.40. The van der Waals surface area contributed by atoms with Gasteiger partial charge in [-0.1, -0.05) is 274 Å². The molecule has 0 aromatic heterocycles. The summed E-state index contributed by atoms with van der Waals surface area (Å²) >= 11 is 0. The molecule has 3 aliphatic heterocycles. The number of aliphatic hydroxyl groups excluding tert-OH is 11. The van der Waals surface area contributed by atoms with Crippen LogP contribution in [0, 0.1) is 0 Å². The number of hydrogen-bond donors (Lipinski definition) is 12. The Bertz CT molecular complexity index is 1940. The molecule has 3 fully saturated rings. The maximum Gasteiger partial charge on any atom is 0.220 e. The van der Waals surface area contributed by atoms with Gasteiger partial charge >= 0.3 is 0 Å². The topological polar surface area (TPSA) is 307 Å². The maximum atomic E-state index is 13.4. The van der Waals surface area contributed by atoms with E-state index in [4.69, 9.17) is 28.4 Å². The minimum atomic E-state index is -1.98. The van der Waals surface area contributed by atoms with Crippen molar-refractivity contribution in [2.75, 3.05) is 26.4 Å². The molecule has 94 heavy (non-hydrogen) atoms. The summed E-state index contributed by atoms with van der Waals surface area (Å²) in [5.74, 6) is -0.260. The van der Waals surface area contributed by atoms with Gasteiger partial charge in [-0.2, -0.15) is 0 Å². The van der Waals surface area contributed by atoms with E-state index in [2.05, 4.69) is 79.9 Å². The first kappa shape index (κ1) is 85.7. The SMILES string of the molecule is CC/C=C\C/C=C\C/C=C\C/C=C\C/C=C\CCCCCCCC(=O)NC(COC1OC(CO)C(OC2OC(CO)C(OC3OC(CO)C(O)C(O)C3O)C(O)C2O)C(O)C1O)C(O)CCCCCCCCCCCCCCCCCCCCCCCCCCCCCC. The Morgan fingerprint density at radius 2 is 0.734 bits per heavy atom. The number of hydrogen-bond acceptors (Lipinski definition) is 18. The molecule has 3 heterocycles. The summed E-state index contributed by atoms with van der Waals surface area (Å²) < 4.78 is 34.5. The first-order chi connectivity index (χ1) is 45.8. The fraction of sp³-hybridized carbons (Fsp3) is 0.853. The van der Waals surface area contributed by atoms with Crippen molar-refractivity contribution in [2.45, 2.75) is 381 Å². The van der Waals surface area contributed by atoms with Gasteiger partial charge in [0.25, 0.3) is 0 Å². The lowest BCUT2D eigenvalue weighted by atomic mass is 9.96. The van der Waals surface area contributed by atoms with Crippen LogP contribution in [0.4, 0.5) is 0 Å². The molecule has 0 aromatic rings. The van der Waals surface area contributed by atoms with E-state index in [9.17, 15) is 61.0 Å². The largest absolute Gasteiger partial charge is 0.394 e. The number of unbranched alkanes of at least 4 members (excludes halogenated alkanes) is 32. The third-order valence-electron chi connectivity index (χ3n) is 18.6. The number of rotatable bonds is 58. The molecule has 19 heteroatoms. The molecule has 3 rings (SSSR count). The monoisotopic (exact) mass is 1340 g/mol. The van der Waals surface area contributed by atoms with Crippen LogP contribution in [0.3, 0.4) is 0 Å². The highest BCUT2D eigenvalue weighted by Crippen LogP contribution is 2.33. The summed E-state index contributed by atoms with van der Waals surface area (Å²) in [7, 11) is 0. The molecule has 3 aliphatic rings. The molecule has 12 N–H and O–H groups in total. The first-order valence-corrected chi connectivity index (χ1v) is 37.5. The van der Waals surface area contributed by atoms with E-state index in [0.29, 0.717) is 12.8 Å². The van der Waals surface area contributed by atoms with Crippen molar-refractivity contribution in [2.24, 2.45) is 0 Å². The van der Waals surface area contributed by atoms with Gasteiger partial charge < -0.3 is 89.9 Å². The van der Waals surface area contributed by atoms with Crippen molar-refractivity contribution in [3.8, 4) is 0 Å². The van der Waals surface area contributed by atoms with Crippen molar-refractivity contribution < 1.29 is 89.4 Å². The van der Waals surface area contributed by atoms with E-state index < -0.39 is 124 Å². The molecule has 3 saturated heterocycles. The smallest absolute Gasteiger partial charge is 0.220 e. The predicted octanol–water partition coefficient (Wildman–Crippen LogP) is 11.1. The second-order valence-electron chi connectivity index (χ2n) is 26.7.